The number of pyridine rings is 1. The molecular formula is C20H23N3O3. The maximum Gasteiger partial charge on any atom is 0.412 e. The summed E-state index contributed by atoms with van der Waals surface area (Å²) < 4.78 is 5.18. The minimum atomic E-state index is -0.499. The van der Waals surface area contributed by atoms with Crippen molar-refractivity contribution in [2.75, 3.05) is 21.1 Å². The molecule has 1 heterocycles. The number of carbonyl (C=O) groups excluding carboxylic acids is 2. The fourth-order valence-corrected chi connectivity index (χ4v) is 2.52. The number of ether oxygens (including phenoxy) is 1. The Morgan fingerprint density at radius 3 is 2.31 bits per heavy atom. The van der Waals surface area contributed by atoms with Crippen LogP contribution in [0.25, 0.3) is 12.2 Å². The molecule has 26 heavy (non-hydrogen) atoms. The number of nitrogens with zero attached hydrogens (tertiary/aromatic N) is 2. The Balaban J connectivity index is 2.27. The Morgan fingerprint density at radius 1 is 1.08 bits per heavy atom. The third-order valence-electron chi connectivity index (χ3n) is 3.84. The van der Waals surface area contributed by atoms with Crippen molar-refractivity contribution in [3.63, 3.8) is 0 Å². The molecule has 0 aliphatic heterocycles. The summed E-state index contributed by atoms with van der Waals surface area (Å²) in [6, 6.07) is 5.43. The monoisotopic (exact) mass is 353 g/mol. The van der Waals surface area contributed by atoms with E-state index in [2.05, 4.69) is 10.3 Å². The molecule has 0 radical (unpaired) electrons. The minimum absolute atomic E-state index is 0.0872. The van der Waals surface area contributed by atoms with Crippen LogP contribution >= 0.6 is 0 Å². The van der Waals surface area contributed by atoms with Crippen molar-refractivity contribution in [3.05, 3.63) is 58.4 Å². The molecule has 0 aliphatic carbocycles. The average molecular weight is 353 g/mol. The molecule has 0 spiro atoms. The predicted molar refractivity (Wildman–Crippen MR) is 102 cm³/mol. The molecule has 2 rings (SSSR count). The van der Waals surface area contributed by atoms with Gasteiger partial charge in [0.15, 0.2) is 0 Å². The van der Waals surface area contributed by atoms with E-state index < -0.39 is 6.09 Å². The predicted octanol–water partition coefficient (Wildman–Crippen LogP) is 3.29. The zero-order valence-corrected chi connectivity index (χ0v) is 15.7. The molecule has 0 atom stereocenters. The molecule has 1 aromatic carbocycles. The number of carbonyl (C=O) groups is 2. The van der Waals surface area contributed by atoms with Crippen molar-refractivity contribution in [1.82, 2.24) is 15.2 Å². The van der Waals surface area contributed by atoms with Gasteiger partial charge >= 0.3 is 6.09 Å². The molecule has 1 N–H and O–H groups in total. The van der Waals surface area contributed by atoms with Gasteiger partial charge in [0.1, 0.15) is 5.75 Å². The lowest BCUT2D eigenvalue weighted by Gasteiger charge is -2.11. The Bertz CT molecular complexity index is 834. The SMILES string of the molecule is CNC(=O)Oc1cc(C)c(/C=C/c2cncc(C(=O)N(C)C)c2)c(C)c1. The topological polar surface area (TPSA) is 71.5 Å². The molecule has 136 valence electrons. The van der Waals surface area contributed by atoms with Crippen molar-refractivity contribution in [3.8, 4) is 5.75 Å². The van der Waals surface area contributed by atoms with Crippen LogP contribution < -0.4 is 10.1 Å². The van der Waals surface area contributed by atoms with E-state index >= 15 is 0 Å². The molecule has 6 heteroatoms. The Labute approximate surface area is 153 Å². The molecule has 0 bridgehead atoms. The number of aryl methyl sites for hydroxylation is 2. The number of hydrogen-bond donors (Lipinski definition) is 1. The maximum atomic E-state index is 12.0. The number of nitrogens with one attached hydrogen (secondary N) is 1. The Kier molecular flexibility index (Phi) is 6.11. The summed E-state index contributed by atoms with van der Waals surface area (Å²) in [5.41, 5.74) is 4.36. The first kappa shape index (κ1) is 19.2. The lowest BCUT2D eigenvalue weighted by atomic mass is 10.0. The quantitative estimate of drug-likeness (QED) is 0.915. The van der Waals surface area contributed by atoms with Crippen molar-refractivity contribution >= 4 is 24.2 Å². The summed E-state index contributed by atoms with van der Waals surface area (Å²) in [4.78, 5) is 29.0. The molecule has 6 nitrogen and oxygen atoms in total. The van der Waals surface area contributed by atoms with E-state index in [0.717, 1.165) is 22.3 Å². The van der Waals surface area contributed by atoms with Gasteiger partial charge in [-0.3, -0.25) is 9.78 Å². The van der Waals surface area contributed by atoms with E-state index in [1.807, 2.05) is 38.1 Å². The van der Waals surface area contributed by atoms with E-state index in [9.17, 15) is 9.59 Å². The first-order valence-corrected chi connectivity index (χ1v) is 8.17. The van der Waals surface area contributed by atoms with Crippen LogP contribution in [0.4, 0.5) is 4.79 Å². The molecule has 0 aliphatic rings. The van der Waals surface area contributed by atoms with Gasteiger partial charge in [-0.1, -0.05) is 12.2 Å². The van der Waals surface area contributed by atoms with Crippen molar-refractivity contribution in [2.24, 2.45) is 0 Å². The summed E-state index contributed by atoms with van der Waals surface area (Å²) in [5, 5.41) is 2.42. The first-order valence-electron chi connectivity index (χ1n) is 8.17. The highest BCUT2D eigenvalue weighted by molar-refractivity contribution is 5.94. The van der Waals surface area contributed by atoms with Crippen LogP contribution in [-0.4, -0.2) is 43.0 Å². The maximum absolute atomic E-state index is 12.0. The Morgan fingerprint density at radius 2 is 1.73 bits per heavy atom. The summed E-state index contributed by atoms with van der Waals surface area (Å²) in [5.74, 6) is 0.410. The molecule has 0 saturated carbocycles. The fraction of sp³-hybridized carbons (Fsp3) is 0.250. The van der Waals surface area contributed by atoms with Crippen molar-refractivity contribution in [2.45, 2.75) is 13.8 Å². The number of benzene rings is 1. The van der Waals surface area contributed by atoms with E-state index in [1.54, 1.807) is 32.6 Å². The standard InChI is InChI=1S/C20H23N3O3/c1-13-8-17(26-20(25)21-3)9-14(2)18(13)7-6-15-10-16(12-22-11-15)19(24)23(4)5/h6-12H,1-5H3,(H,21,25)/b7-6+. The third-order valence-corrected chi connectivity index (χ3v) is 3.84. The lowest BCUT2D eigenvalue weighted by Crippen LogP contribution is -2.22. The van der Waals surface area contributed by atoms with E-state index in [0.29, 0.717) is 11.3 Å². The number of rotatable bonds is 4. The molecular weight excluding hydrogens is 330 g/mol. The lowest BCUT2D eigenvalue weighted by molar-refractivity contribution is 0.0827. The van der Waals surface area contributed by atoms with Crippen LogP contribution in [0, 0.1) is 13.8 Å². The highest BCUT2D eigenvalue weighted by Gasteiger charge is 2.09. The molecule has 0 saturated heterocycles. The van der Waals surface area contributed by atoms with E-state index in [-0.39, 0.29) is 5.91 Å². The van der Waals surface area contributed by atoms with Gasteiger partial charge < -0.3 is 15.0 Å². The second kappa shape index (κ2) is 8.29. The van der Waals surface area contributed by atoms with Crippen molar-refractivity contribution < 1.29 is 14.3 Å². The van der Waals surface area contributed by atoms with Crippen LogP contribution in [0.5, 0.6) is 5.75 Å². The number of amides is 2. The van der Waals surface area contributed by atoms with Crippen LogP contribution in [0.2, 0.25) is 0 Å². The van der Waals surface area contributed by atoms with Gasteiger partial charge in [0.05, 0.1) is 5.56 Å². The largest absolute Gasteiger partial charge is 0.412 e. The number of aromatic nitrogens is 1. The average Bonchev–Trinajstić information content (AvgIpc) is 2.60. The van der Waals surface area contributed by atoms with Crippen molar-refractivity contribution in [1.29, 1.82) is 0 Å². The molecule has 0 unspecified atom stereocenters. The van der Waals surface area contributed by atoms with Gasteiger partial charge in [0.2, 0.25) is 0 Å². The summed E-state index contributed by atoms with van der Waals surface area (Å²) >= 11 is 0. The second-order valence-electron chi connectivity index (χ2n) is 6.15. The highest BCUT2D eigenvalue weighted by Crippen LogP contribution is 2.24. The normalized spacial score (nSPS) is 10.7. The fourth-order valence-electron chi connectivity index (χ4n) is 2.52. The van der Waals surface area contributed by atoms with Crippen LogP contribution in [0.15, 0.2) is 30.6 Å². The Hall–Kier alpha value is -3.15. The zero-order chi connectivity index (χ0) is 19.3. The smallest absolute Gasteiger partial charge is 0.410 e. The van der Waals surface area contributed by atoms with Gasteiger partial charge in [0.25, 0.3) is 5.91 Å². The molecule has 1 aromatic heterocycles. The van der Waals surface area contributed by atoms with Gasteiger partial charge in [-0.25, -0.2) is 4.79 Å². The summed E-state index contributed by atoms with van der Waals surface area (Å²) in [6.07, 6.45) is 6.64. The zero-order valence-electron chi connectivity index (χ0n) is 15.7. The third kappa shape index (κ3) is 4.69. The molecule has 2 aromatic rings. The van der Waals surface area contributed by atoms with Gasteiger partial charge in [0, 0.05) is 33.5 Å². The molecule has 0 fully saturated rings. The molecule has 2 amide bonds. The number of hydrogen-bond acceptors (Lipinski definition) is 4. The first-order chi connectivity index (χ1) is 12.3. The summed E-state index contributed by atoms with van der Waals surface area (Å²) in [6.45, 7) is 3.90. The van der Waals surface area contributed by atoms with Gasteiger partial charge in [-0.2, -0.15) is 0 Å². The highest BCUT2D eigenvalue weighted by atomic mass is 16.5. The second-order valence-corrected chi connectivity index (χ2v) is 6.15. The van der Waals surface area contributed by atoms with Crippen LogP contribution in [-0.2, 0) is 0 Å². The van der Waals surface area contributed by atoms with Gasteiger partial charge in [-0.15, -0.1) is 0 Å². The summed E-state index contributed by atoms with van der Waals surface area (Å²) in [7, 11) is 4.93. The van der Waals surface area contributed by atoms with Gasteiger partial charge in [-0.05, 0) is 54.3 Å². The van der Waals surface area contributed by atoms with E-state index in [4.69, 9.17) is 4.74 Å². The van der Waals surface area contributed by atoms with Crippen LogP contribution in [0.3, 0.4) is 0 Å². The van der Waals surface area contributed by atoms with E-state index in [1.165, 1.54) is 11.9 Å². The minimum Gasteiger partial charge on any atom is -0.410 e. The van der Waals surface area contributed by atoms with Crippen LogP contribution in [0.1, 0.15) is 32.6 Å².